The van der Waals surface area contributed by atoms with Crippen LogP contribution in [0.25, 0.3) is 0 Å². The van der Waals surface area contributed by atoms with Crippen molar-refractivity contribution in [3.8, 4) is 0 Å². The lowest BCUT2D eigenvalue weighted by Gasteiger charge is -2.26. The van der Waals surface area contributed by atoms with E-state index in [-0.39, 0.29) is 11.4 Å². The number of rotatable bonds is 9. The van der Waals surface area contributed by atoms with E-state index in [0.717, 1.165) is 43.9 Å². The third kappa shape index (κ3) is 5.88. The van der Waals surface area contributed by atoms with Crippen LogP contribution in [0.4, 0.5) is 0 Å². The van der Waals surface area contributed by atoms with Crippen LogP contribution in [-0.4, -0.2) is 17.9 Å². The van der Waals surface area contributed by atoms with Gasteiger partial charge >= 0.3 is 5.97 Å². The summed E-state index contributed by atoms with van der Waals surface area (Å²) in [6.45, 7) is 6.86. The van der Waals surface area contributed by atoms with Crippen molar-refractivity contribution in [3.05, 3.63) is 0 Å². The van der Waals surface area contributed by atoms with Crippen molar-refractivity contribution in [3.63, 3.8) is 0 Å². The Hall–Kier alpha value is -0.0500. The van der Waals surface area contributed by atoms with Crippen LogP contribution in [-0.2, 0) is 9.53 Å². The normalized spacial score (nSPS) is 14.5. The molecule has 16 heavy (non-hydrogen) atoms. The first-order valence-electron chi connectivity index (χ1n) is 6.34. The maximum Gasteiger partial charge on any atom is 0.311 e. The van der Waals surface area contributed by atoms with E-state index < -0.39 is 0 Å². The summed E-state index contributed by atoms with van der Waals surface area (Å²) < 4.78 is 5.33. The second kappa shape index (κ2) is 9.03. The molecule has 0 N–H and O–H groups in total. The number of carbonyl (C=O) groups excluding carboxylic acids is 1. The van der Waals surface area contributed by atoms with Crippen molar-refractivity contribution in [2.75, 3.05) is 11.9 Å². The molecular formula is C13H25BrO2. The van der Waals surface area contributed by atoms with Crippen LogP contribution in [0.5, 0.6) is 0 Å². The second-order valence-corrected chi connectivity index (χ2v) is 5.39. The Morgan fingerprint density at radius 2 is 1.88 bits per heavy atom. The van der Waals surface area contributed by atoms with Crippen molar-refractivity contribution in [1.29, 1.82) is 0 Å². The molecule has 0 aliphatic heterocycles. The lowest BCUT2D eigenvalue weighted by atomic mass is 9.81. The Morgan fingerprint density at radius 1 is 1.19 bits per heavy atom. The van der Waals surface area contributed by atoms with E-state index in [4.69, 9.17) is 4.74 Å². The zero-order valence-corrected chi connectivity index (χ0v) is 12.4. The molecule has 1 unspecified atom stereocenters. The molecule has 0 amide bonds. The minimum absolute atomic E-state index is 0.0104. The van der Waals surface area contributed by atoms with Gasteiger partial charge in [0, 0.05) is 5.33 Å². The van der Waals surface area contributed by atoms with Gasteiger partial charge in [-0.15, -0.1) is 0 Å². The van der Waals surface area contributed by atoms with Gasteiger partial charge in [0.2, 0.25) is 0 Å². The molecule has 0 aromatic heterocycles. The van der Waals surface area contributed by atoms with Crippen LogP contribution in [0.1, 0.15) is 59.3 Å². The predicted octanol–water partition coefficient (Wildman–Crippen LogP) is 4.31. The van der Waals surface area contributed by atoms with Gasteiger partial charge in [-0.05, 0) is 26.2 Å². The standard InChI is InChI=1S/C13H25BrO2/c1-4-6-9-13(3,8-5-2)12(15)16-11-7-10-14/h4-11H2,1-3H3. The summed E-state index contributed by atoms with van der Waals surface area (Å²) in [6.07, 6.45) is 6.04. The van der Waals surface area contributed by atoms with Crippen molar-refractivity contribution >= 4 is 21.9 Å². The SMILES string of the molecule is CCCCC(C)(CCC)C(=O)OCCCBr. The predicted molar refractivity (Wildman–Crippen MR) is 71.9 cm³/mol. The van der Waals surface area contributed by atoms with Gasteiger partial charge in [-0.3, -0.25) is 4.79 Å². The molecule has 0 radical (unpaired) electrons. The van der Waals surface area contributed by atoms with Gasteiger partial charge in [-0.2, -0.15) is 0 Å². The summed E-state index contributed by atoms with van der Waals surface area (Å²) in [7, 11) is 0. The fourth-order valence-electron chi connectivity index (χ4n) is 1.84. The summed E-state index contributed by atoms with van der Waals surface area (Å²) in [6, 6.07) is 0. The number of unbranched alkanes of at least 4 members (excludes halogenated alkanes) is 1. The van der Waals surface area contributed by atoms with Crippen LogP contribution in [0.15, 0.2) is 0 Å². The minimum atomic E-state index is -0.267. The minimum Gasteiger partial charge on any atom is -0.465 e. The molecular weight excluding hydrogens is 268 g/mol. The summed E-state index contributed by atoms with van der Waals surface area (Å²) in [5.41, 5.74) is -0.267. The molecule has 1 atom stereocenters. The summed E-state index contributed by atoms with van der Waals surface area (Å²) in [5.74, 6) is -0.0104. The molecule has 0 heterocycles. The largest absolute Gasteiger partial charge is 0.465 e. The van der Waals surface area contributed by atoms with Crippen LogP contribution >= 0.6 is 15.9 Å². The van der Waals surface area contributed by atoms with Gasteiger partial charge in [0.05, 0.1) is 12.0 Å². The molecule has 2 nitrogen and oxygen atoms in total. The Morgan fingerprint density at radius 3 is 2.38 bits per heavy atom. The molecule has 0 saturated carbocycles. The summed E-state index contributed by atoms with van der Waals surface area (Å²) in [4.78, 5) is 12.0. The topological polar surface area (TPSA) is 26.3 Å². The molecule has 0 saturated heterocycles. The highest BCUT2D eigenvalue weighted by Gasteiger charge is 2.32. The monoisotopic (exact) mass is 292 g/mol. The van der Waals surface area contributed by atoms with Crippen molar-refractivity contribution in [2.45, 2.75) is 59.3 Å². The number of ether oxygens (including phenoxy) is 1. The van der Waals surface area contributed by atoms with Gasteiger partial charge in [0.25, 0.3) is 0 Å². The maximum atomic E-state index is 12.0. The Kier molecular flexibility index (Phi) is 9.00. The van der Waals surface area contributed by atoms with E-state index in [1.807, 2.05) is 6.92 Å². The molecule has 3 heteroatoms. The van der Waals surface area contributed by atoms with Gasteiger partial charge in [-0.1, -0.05) is 49.0 Å². The first-order chi connectivity index (χ1) is 7.60. The van der Waals surface area contributed by atoms with E-state index in [1.54, 1.807) is 0 Å². The molecule has 0 aromatic carbocycles. The number of alkyl halides is 1. The van der Waals surface area contributed by atoms with Crippen LogP contribution < -0.4 is 0 Å². The summed E-state index contributed by atoms with van der Waals surface area (Å²) >= 11 is 3.33. The second-order valence-electron chi connectivity index (χ2n) is 4.59. The number of halogens is 1. The van der Waals surface area contributed by atoms with Gasteiger partial charge < -0.3 is 4.74 Å². The highest BCUT2D eigenvalue weighted by molar-refractivity contribution is 9.09. The van der Waals surface area contributed by atoms with Gasteiger partial charge in [-0.25, -0.2) is 0 Å². The molecule has 0 aliphatic carbocycles. The Balaban J connectivity index is 4.20. The van der Waals surface area contributed by atoms with Crippen LogP contribution in [0.3, 0.4) is 0 Å². The molecule has 0 bridgehead atoms. The quantitative estimate of drug-likeness (QED) is 0.360. The molecule has 96 valence electrons. The smallest absolute Gasteiger partial charge is 0.311 e. The van der Waals surface area contributed by atoms with E-state index in [2.05, 4.69) is 29.8 Å². The molecule has 0 spiro atoms. The number of hydrogen-bond acceptors (Lipinski definition) is 2. The van der Waals surface area contributed by atoms with Crippen molar-refractivity contribution < 1.29 is 9.53 Å². The summed E-state index contributed by atoms with van der Waals surface area (Å²) in [5, 5.41) is 0.889. The first kappa shape index (κ1) is 16.0. The lowest BCUT2D eigenvalue weighted by molar-refractivity contribution is -0.156. The van der Waals surface area contributed by atoms with E-state index >= 15 is 0 Å². The van der Waals surface area contributed by atoms with Crippen molar-refractivity contribution in [1.82, 2.24) is 0 Å². The third-order valence-corrected chi connectivity index (χ3v) is 3.45. The fourth-order valence-corrected chi connectivity index (χ4v) is 2.07. The van der Waals surface area contributed by atoms with Crippen LogP contribution in [0, 0.1) is 5.41 Å². The fraction of sp³-hybridized carbons (Fsp3) is 0.923. The highest BCUT2D eigenvalue weighted by atomic mass is 79.9. The van der Waals surface area contributed by atoms with E-state index in [0.29, 0.717) is 6.61 Å². The highest BCUT2D eigenvalue weighted by Crippen LogP contribution is 2.31. The maximum absolute atomic E-state index is 12.0. The third-order valence-electron chi connectivity index (χ3n) is 2.89. The zero-order valence-electron chi connectivity index (χ0n) is 10.9. The number of carbonyl (C=O) groups is 1. The molecule has 0 fully saturated rings. The van der Waals surface area contributed by atoms with Crippen LogP contribution in [0.2, 0.25) is 0 Å². The van der Waals surface area contributed by atoms with Gasteiger partial charge in [0.1, 0.15) is 0 Å². The first-order valence-corrected chi connectivity index (χ1v) is 7.46. The lowest BCUT2D eigenvalue weighted by Crippen LogP contribution is -2.30. The molecule has 0 aromatic rings. The zero-order chi connectivity index (χ0) is 12.4. The van der Waals surface area contributed by atoms with Gasteiger partial charge in [0.15, 0.2) is 0 Å². The molecule has 0 aliphatic rings. The van der Waals surface area contributed by atoms with Crippen molar-refractivity contribution in [2.24, 2.45) is 5.41 Å². The molecule has 0 rings (SSSR count). The number of hydrogen-bond donors (Lipinski definition) is 0. The number of esters is 1. The average molecular weight is 293 g/mol. The average Bonchev–Trinajstić information content (AvgIpc) is 2.27. The van der Waals surface area contributed by atoms with E-state index in [9.17, 15) is 4.79 Å². The Labute approximate surface area is 108 Å². The Bertz CT molecular complexity index is 194. The van der Waals surface area contributed by atoms with E-state index in [1.165, 1.54) is 0 Å².